The number of benzene rings is 1. The van der Waals surface area contributed by atoms with Crippen molar-refractivity contribution in [3.8, 4) is 0 Å². The fourth-order valence-corrected chi connectivity index (χ4v) is 1.98. The molecular weight excluding hydrogens is 429 g/mol. The summed E-state index contributed by atoms with van der Waals surface area (Å²) in [7, 11) is 1.71. The lowest BCUT2D eigenvalue weighted by atomic mass is 10.1. The Balaban J connectivity index is 0.00000576. The summed E-state index contributed by atoms with van der Waals surface area (Å²) in [5.74, 6) is 0.841. The monoisotopic (exact) mass is 463 g/mol. The lowest BCUT2D eigenvalue weighted by molar-refractivity contribution is 0.0310. The van der Waals surface area contributed by atoms with Crippen molar-refractivity contribution >= 4 is 29.9 Å². The first-order chi connectivity index (χ1) is 11.6. The van der Waals surface area contributed by atoms with Crippen LogP contribution in [0.4, 0.5) is 0 Å². The second-order valence-electron chi connectivity index (χ2n) is 6.33. The van der Waals surface area contributed by atoms with E-state index < -0.39 is 0 Å². The van der Waals surface area contributed by atoms with Crippen LogP contribution < -0.4 is 10.6 Å². The van der Waals surface area contributed by atoms with Gasteiger partial charge in [0, 0.05) is 26.8 Å². The van der Waals surface area contributed by atoms with E-state index in [-0.39, 0.29) is 29.6 Å². The summed E-state index contributed by atoms with van der Waals surface area (Å²) in [6, 6.07) is 10.3. The third kappa shape index (κ3) is 12.2. The van der Waals surface area contributed by atoms with Gasteiger partial charge in [-0.1, -0.05) is 30.3 Å². The third-order valence-electron chi connectivity index (χ3n) is 3.63. The summed E-state index contributed by atoms with van der Waals surface area (Å²) in [6.45, 7) is 9.95. The van der Waals surface area contributed by atoms with Gasteiger partial charge in [-0.05, 0) is 39.2 Å². The molecule has 6 heteroatoms. The van der Waals surface area contributed by atoms with Gasteiger partial charge in [0.05, 0.1) is 18.8 Å². The number of halogens is 1. The summed E-state index contributed by atoms with van der Waals surface area (Å²) < 4.78 is 11.1. The van der Waals surface area contributed by atoms with Crippen molar-refractivity contribution in [1.29, 1.82) is 0 Å². The molecule has 0 radical (unpaired) electrons. The minimum atomic E-state index is -0.242. The maximum atomic E-state index is 5.69. The predicted molar refractivity (Wildman–Crippen MR) is 116 cm³/mol. The Hall–Kier alpha value is -0.860. The van der Waals surface area contributed by atoms with Crippen LogP contribution in [0.15, 0.2) is 35.3 Å². The van der Waals surface area contributed by atoms with Crippen LogP contribution in [0.2, 0.25) is 0 Å². The number of hydrogen-bond acceptors (Lipinski definition) is 3. The number of methoxy groups -OCH3 is 1. The predicted octanol–water partition coefficient (Wildman–Crippen LogP) is 3.58. The fourth-order valence-electron chi connectivity index (χ4n) is 1.98. The molecule has 0 amide bonds. The first-order valence-corrected chi connectivity index (χ1v) is 8.76. The molecule has 5 nitrogen and oxygen atoms in total. The highest BCUT2D eigenvalue weighted by atomic mass is 127. The van der Waals surface area contributed by atoms with Gasteiger partial charge in [-0.2, -0.15) is 0 Å². The summed E-state index contributed by atoms with van der Waals surface area (Å²) >= 11 is 0. The lowest BCUT2D eigenvalue weighted by Gasteiger charge is -2.21. The minimum absolute atomic E-state index is 0. The van der Waals surface area contributed by atoms with E-state index in [1.54, 1.807) is 7.11 Å². The number of unbranched alkanes of at least 4 members (excludes halogenated alkanes) is 1. The normalized spacial score (nSPS) is 11.8. The molecular formula is C19H34IN3O2. The molecule has 0 atom stereocenters. The molecule has 0 aromatic heterocycles. The average molecular weight is 463 g/mol. The van der Waals surface area contributed by atoms with Gasteiger partial charge >= 0.3 is 0 Å². The molecule has 0 fully saturated rings. The van der Waals surface area contributed by atoms with Crippen LogP contribution in [0.1, 0.15) is 39.2 Å². The zero-order chi connectivity index (χ0) is 17.7. The highest BCUT2D eigenvalue weighted by molar-refractivity contribution is 14.0. The molecule has 2 N–H and O–H groups in total. The molecule has 0 bridgehead atoms. The minimum Gasteiger partial charge on any atom is -0.377 e. The highest BCUT2D eigenvalue weighted by Gasteiger charge is 2.15. The summed E-state index contributed by atoms with van der Waals surface area (Å²) in [5, 5.41) is 6.61. The molecule has 0 aliphatic heterocycles. The molecule has 0 aliphatic rings. The Bertz CT molecular complexity index is 467. The summed E-state index contributed by atoms with van der Waals surface area (Å²) in [6.07, 6.45) is 2.08. The van der Waals surface area contributed by atoms with Crippen LogP contribution in [0, 0.1) is 0 Å². The molecule has 0 saturated heterocycles. The fraction of sp³-hybridized carbons (Fsp3) is 0.632. The topological polar surface area (TPSA) is 54.9 Å². The zero-order valence-corrected chi connectivity index (χ0v) is 18.3. The molecule has 1 rings (SSSR count). The van der Waals surface area contributed by atoms with Crippen molar-refractivity contribution < 1.29 is 9.47 Å². The lowest BCUT2D eigenvalue weighted by Crippen LogP contribution is -2.39. The van der Waals surface area contributed by atoms with E-state index in [1.165, 1.54) is 5.56 Å². The first-order valence-electron chi connectivity index (χ1n) is 8.76. The van der Waals surface area contributed by atoms with Gasteiger partial charge in [0.25, 0.3) is 0 Å². The van der Waals surface area contributed by atoms with E-state index in [0.29, 0.717) is 13.2 Å². The molecule has 1 aromatic rings. The van der Waals surface area contributed by atoms with E-state index in [1.807, 2.05) is 32.0 Å². The van der Waals surface area contributed by atoms with Crippen LogP contribution in [-0.4, -0.2) is 44.9 Å². The van der Waals surface area contributed by atoms with Crippen molar-refractivity contribution in [2.24, 2.45) is 4.99 Å². The number of rotatable bonds is 11. The summed E-state index contributed by atoms with van der Waals surface area (Å²) in [5.41, 5.74) is 0.978. The number of nitrogens with one attached hydrogen (secondary N) is 2. The van der Waals surface area contributed by atoms with E-state index in [2.05, 4.69) is 34.7 Å². The van der Waals surface area contributed by atoms with Crippen LogP contribution in [0.5, 0.6) is 0 Å². The Morgan fingerprint density at radius 2 is 1.84 bits per heavy atom. The molecule has 0 saturated carbocycles. The molecule has 0 aliphatic carbocycles. The van der Waals surface area contributed by atoms with Crippen molar-refractivity contribution in [3.05, 3.63) is 35.9 Å². The van der Waals surface area contributed by atoms with E-state index in [9.17, 15) is 0 Å². The molecule has 0 spiro atoms. The van der Waals surface area contributed by atoms with Crippen molar-refractivity contribution in [1.82, 2.24) is 10.6 Å². The van der Waals surface area contributed by atoms with E-state index >= 15 is 0 Å². The van der Waals surface area contributed by atoms with Crippen molar-refractivity contribution in [2.45, 2.75) is 45.8 Å². The van der Waals surface area contributed by atoms with Gasteiger partial charge in [0.2, 0.25) is 0 Å². The Morgan fingerprint density at radius 1 is 1.12 bits per heavy atom. The second kappa shape index (κ2) is 14.3. The maximum absolute atomic E-state index is 5.69. The van der Waals surface area contributed by atoms with Gasteiger partial charge in [0.15, 0.2) is 5.96 Å². The van der Waals surface area contributed by atoms with Crippen LogP contribution >= 0.6 is 24.0 Å². The zero-order valence-electron chi connectivity index (χ0n) is 16.0. The molecule has 0 heterocycles. The molecule has 25 heavy (non-hydrogen) atoms. The smallest absolute Gasteiger partial charge is 0.191 e. The first kappa shape index (κ1) is 24.1. The average Bonchev–Trinajstić information content (AvgIpc) is 2.59. The van der Waals surface area contributed by atoms with Crippen LogP contribution in [0.3, 0.4) is 0 Å². The highest BCUT2D eigenvalue weighted by Crippen LogP contribution is 2.07. The molecule has 1 aromatic carbocycles. The van der Waals surface area contributed by atoms with E-state index in [4.69, 9.17) is 9.47 Å². The Morgan fingerprint density at radius 3 is 2.48 bits per heavy atom. The number of ether oxygens (including phenoxy) is 2. The van der Waals surface area contributed by atoms with Crippen molar-refractivity contribution in [2.75, 3.05) is 33.4 Å². The van der Waals surface area contributed by atoms with Gasteiger partial charge in [0.1, 0.15) is 0 Å². The van der Waals surface area contributed by atoms with Gasteiger partial charge in [-0.15, -0.1) is 24.0 Å². The largest absolute Gasteiger partial charge is 0.377 e. The third-order valence-corrected chi connectivity index (χ3v) is 3.63. The van der Waals surface area contributed by atoms with Gasteiger partial charge in [-0.25, -0.2) is 0 Å². The van der Waals surface area contributed by atoms with E-state index in [0.717, 1.165) is 38.5 Å². The SMILES string of the molecule is CCNC(=NCC(C)(C)OC)NCCCCOCc1ccccc1.I. The molecule has 0 unspecified atom stereocenters. The van der Waals surface area contributed by atoms with Gasteiger partial charge in [-0.3, -0.25) is 4.99 Å². The quantitative estimate of drug-likeness (QED) is 0.228. The standard InChI is InChI=1S/C19H33N3O2.HI/c1-5-20-18(22-16-19(2,3)23-4)21-13-9-10-14-24-15-17-11-7-6-8-12-17;/h6-8,11-12H,5,9-10,13-16H2,1-4H3,(H2,20,21,22);1H. The van der Waals surface area contributed by atoms with Crippen LogP contribution in [0.25, 0.3) is 0 Å². The molecule has 144 valence electrons. The van der Waals surface area contributed by atoms with Gasteiger partial charge < -0.3 is 20.1 Å². The van der Waals surface area contributed by atoms with Crippen LogP contribution in [-0.2, 0) is 16.1 Å². The Kier molecular flexibility index (Phi) is 13.8. The maximum Gasteiger partial charge on any atom is 0.191 e. The number of hydrogen-bond donors (Lipinski definition) is 2. The summed E-state index contributed by atoms with van der Waals surface area (Å²) in [4.78, 5) is 4.57. The number of guanidine groups is 1. The number of nitrogens with zero attached hydrogens (tertiary/aromatic N) is 1. The Labute approximate surface area is 170 Å². The van der Waals surface area contributed by atoms with Crippen molar-refractivity contribution in [3.63, 3.8) is 0 Å². The second-order valence-corrected chi connectivity index (χ2v) is 6.33. The number of aliphatic imine (C=N–C) groups is 1.